The van der Waals surface area contributed by atoms with Crippen molar-refractivity contribution >= 4 is 5.96 Å². The lowest BCUT2D eigenvalue weighted by molar-refractivity contribution is 0.208. The fraction of sp³-hybridized carbons (Fsp3) is 0.562. The number of nitrogens with zero attached hydrogens (tertiary/aromatic N) is 2. The third-order valence-electron chi connectivity index (χ3n) is 3.84. The van der Waals surface area contributed by atoms with Crippen molar-refractivity contribution < 1.29 is 9.50 Å². The molecule has 2 atom stereocenters. The molecule has 1 aliphatic rings. The molecule has 1 aromatic rings. The molecule has 0 saturated carbocycles. The molecule has 1 aromatic carbocycles. The van der Waals surface area contributed by atoms with Gasteiger partial charge in [-0.1, -0.05) is 19.9 Å². The number of halogens is 1. The van der Waals surface area contributed by atoms with Crippen LogP contribution in [-0.4, -0.2) is 36.1 Å². The minimum Gasteiger partial charge on any atom is -0.505 e. The lowest BCUT2D eigenvalue weighted by Crippen LogP contribution is -2.48. The van der Waals surface area contributed by atoms with E-state index >= 15 is 0 Å². The third kappa shape index (κ3) is 4.09. The summed E-state index contributed by atoms with van der Waals surface area (Å²) in [4.78, 5) is 6.58. The molecule has 4 nitrogen and oxygen atoms in total. The van der Waals surface area contributed by atoms with Crippen molar-refractivity contribution in [1.82, 2.24) is 10.2 Å². The second-order valence-electron chi connectivity index (χ2n) is 6.04. The molecule has 1 heterocycles. The Balaban J connectivity index is 1.98. The molecule has 0 amide bonds. The Hall–Kier alpha value is -1.78. The number of benzene rings is 1. The third-order valence-corrected chi connectivity index (χ3v) is 3.84. The van der Waals surface area contributed by atoms with Gasteiger partial charge in [0.1, 0.15) is 0 Å². The first kappa shape index (κ1) is 15.6. The Bertz CT molecular complexity index is 508. The summed E-state index contributed by atoms with van der Waals surface area (Å²) in [5, 5.41) is 12.5. The number of phenols is 1. The van der Waals surface area contributed by atoms with E-state index in [1.54, 1.807) is 13.1 Å². The largest absolute Gasteiger partial charge is 0.505 e. The van der Waals surface area contributed by atoms with E-state index in [2.05, 4.69) is 29.1 Å². The lowest BCUT2D eigenvalue weighted by Gasteiger charge is -2.37. The normalized spacial score (nSPS) is 23.2. The van der Waals surface area contributed by atoms with Crippen LogP contribution < -0.4 is 5.32 Å². The summed E-state index contributed by atoms with van der Waals surface area (Å²) in [6.45, 7) is 6.99. The van der Waals surface area contributed by atoms with Gasteiger partial charge in [0.2, 0.25) is 0 Å². The Morgan fingerprint density at radius 1 is 1.38 bits per heavy atom. The van der Waals surface area contributed by atoms with Gasteiger partial charge in [-0.3, -0.25) is 4.99 Å². The van der Waals surface area contributed by atoms with E-state index in [9.17, 15) is 9.50 Å². The van der Waals surface area contributed by atoms with E-state index in [-0.39, 0.29) is 5.75 Å². The Morgan fingerprint density at radius 2 is 2.05 bits per heavy atom. The SMILES string of the molecule is CN=C(NCc1ccc(O)c(F)c1)N1CC(C)CC(C)C1. The van der Waals surface area contributed by atoms with Gasteiger partial charge < -0.3 is 15.3 Å². The van der Waals surface area contributed by atoms with E-state index in [4.69, 9.17) is 0 Å². The van der Waals surface area contributed by atoms with Crippen molar-refractivity contribution in [3.63, 3.8) is 0 Å². The summed E-state index contributed by atoms with van der Waals surface area (Å²) < 4.78 is 13.3. The highest BCUT2D eigenvalue weighted by atomic mass is 19.1. The zero-order chi connectivity index (χ0) is 15.4. The highest BCUT2D eigenvalue weighted by Gasteiger charge is 2.23. The van der Waals surface area contributed by atoms with E-state index < -0.39 is 5.82 Å². The average molecular weight is 293 g/mol. The van der Waals surface area contributed by atoms with Gasteiger partial charge in [0, 0.05) is 26.7 Å². The summed E-state index contributed by atoms with van der Waals surface area (Å²) >= 11 is 0. The van der Waals surface area contributed by atoms with Crippen LogP contribution in [0.1, 0.15) is 25.8 Å². The maximum absolute atomic E-state index is 13.3. The van der Waals surface area contributed by atoms with Gasteiger partial charge in [-0.15, -0.1) is 0 Å². The molecule has 0 spiro atoms. The van der Waals surface area contributed by atoms with Gasteiger partial charge in [0.15, 0.2) is 17.5 Å². The first-order chi connectivity index (χ1) is 9.99. The van der Waals surface area contributed by atoms with Crippen molar-refractivity contribution in [3.05, 3.63) is 29.6 Å². The van der Waals surface area contributed by atoms with Gasteiger partial charge in [-0.25, -0.2) is 4.39 Å². The standard InChI is InChI=1S/C16H24FN3O/c1-11-6-12(2)10-20(9-11)16(18-3)19-8-13-4-5-15(21)14(17)7-13/h4-5,7,11-12,21H,6,8-10H2,1-3H3,(H,18,19). The van der Waals surface area contributed by atoms with E-state index in [0.29, 0.717) is 18.4 Å². The summed E-state index contributed by atoms with van der Waals surface area (Å²) in [5.74, 6) is 1.24. The van der Waals surface area contributed by atoms with Crippen LogP contribution in [0.15, 0.2) is 23.2 Å². The number of nitrogens with one attached hydrogen (secondary N) is 1. The number of aromatic hydroxyl groups is 1. The second-order valence-corrected chi connectivity index (χ2v) is 6.04. The molecule has 2 rings (SSSR count). The van der Waals surface area contributed by atoms with Crippen LogP contribution in [-0.2, 0) is 6.54 Å². The van der Waals surface area contributed by atoms with Crippen LogP contribution in [0.2, 0.25) is 0 Å². The van der Waals surface area contributed by atoms with Crippen LogP contribution in [0, 0.1) is 17.7 Å². The molecule has 116 valence electrons. The van der Waals surface area contributed by atoms with E-state index in [0.717, 1.165) is 24.6 Å². The maximum atomic E-state index is 13.3. The van der Waals surface area contributed by atoms with Gasteiger partial charge >= 0.3 is 0 Å². The second kappa shape index (κ2) is 6.78. The molecule has 0 radical (unpaired) electrons. The molecular formula is C16H24FN3O. The van der Waals surface area contributed by atoms with Crippen LogP contribution in [0.5, 0.6) is 5.75 Å². The predicted molar refractivity (Wildman–Crippen MR) is 82.8 cm³/mol. The number of rotatable bonds is 2. The molecule has 5 heteroatoms. The molecule has 2 N–H and O–H groups in total. The molecule has 0 aliphatic carbocycles. The summed E-state index contributed by atoms with van der Waals surface area (Å²) in [7, 11) is 1.77. The number of hydrogen-bond acceptors (Lipinski definition) is 2. The van der Waals surface area contributed by atoms with Crippen molar-refractivity contribution in [2.45, 2.75) is 26.8 Å². The van der Waals surface area contributed by atoms with Crippen molar-refractivity contribution in [2.75, 3.05) is 20.1 Å². The number of phenolic OH excluding ortho intramolecular Hbond substituents is 1. The zero-order valence-electron chi connectivity index (χ0n) is 12.9. The molecule has 1 aliphatic heterocycles. The highest BCUT2D eigenvalue weighted by Crippen LogP contribution is 2.21. The van der Waals surface area contributed by atoms with Crippen molar-refractivity contribution in [3.8, 4) is 5.75 Å². The Kier molecular flexibility index (Phi) is 5.04. The Morgan fingerprint density at radius 3 is 2.62 bits per heavy atom. The highest BCUT2D eigenvalue weighted by molar-refractivity contribution is 5.80. The number of piperidine rings is 1. The fourth-order valence-electron chi connectivity index (χ4n) is 3.01. The quantitative estimate of drug-likeness (QED) is 0.651. The predicted octanol–water partition coefficient (Wildman–Crippen LogP) is 2.58. The van der Waals surface area contributed by atoms with Crippen molar-refractivity contribution in [1.29, 1.82) is 0 Å². The smallest absolute Gasteiger partial charge is 0.193 e. The first-order valence-corrected chi connectivity index (χ1v) is 7.42. The molecular weight excluding hydrogens is 269 g/mol. The molecule has 0 aromatic heterocycles. The topological polar surface area (TPSA) is 47.9 Å². The molecule has 1 saturated heterocycles. The molecule has 1 fully saturated rings. The first-order valence-electron chi connectivity index (χ1n) is 7.42. The van der Waals surface area contributed by atoms with E-state index in [1.807, 2.05) is 0 Å². The van der Waals surface area contributed by atoms with Crippen LogP contribution >= 0.6 is 0 Å². The maximum Gasteiger partial charge on any atom is 0.193 e. The van der Waals surface area contributed by atoms with Crippen molar-refractivity contribution in [2.24, 2.45) is 16.8 Å². The minimum absolute atomic E-state index is 0.318. The summed E-state index contributed by atoms with van der Waals surface area (Å²) in [6, 6.07) is 4.43. The van der Waals surface area contributed by atoms with Crippen LogP contribution in [0.4, 0.5) is 4.39 Å². The summed E-state index contributed by atoms with van der Waals surface area (Å²) in [5.41, 5.74) is 0.782. The van der Waals surface area contributed by atoms with Gasteiger partial charge in [0.25, 0.3) is 0 Å². The monoisotopic (exact) mass is 293 g/mol. The minimum atomic E-state index is -0.593. The zero-order valence-corrected chi connectivity index (χ0v) is 12.9. The van der Waals surface area contributed by atoms with Gasteiger partial charge in [0.05, 0.1) is 0 Å². The van der Waals surface area contributed by atoms with Crippen LogP contribution in [0.3, 0.4) is 0 Å². The molecule has 21 heavy (non-hydrogen) atoms. The number of hydrogen-bond donors (Lipinski definition) is 2. The van der Waals surface area contributed by atoms with Crippen LogP contribution in [0.25, 0.3) is 0 Å². The van der Waals surface area contributed by atoms with Gasteiger partial charge in [-0.05, 0) is 36.0 Å². The number of aliphatic imine (C=N–C) groups is 1. The average Bonchev–Trinajstić information content (AvgIpc) is 2.42. The summed E-state index contributed by atoms with van der Waals surface area (Å²) in [6.07, 6.45) is 1.25. The molecule has 0 bridgehead atoms. The Labute approximate surface area is 125 Å². The molecule has 2 unspecified atom stereocenters. The number of guanidine groups is 1. The number of likely N-dealkylation sites (tertiary alicyclic amines) is 1. The van der Waals surface area contributed by atoms with E-state index in [1.165, 1.54) is 18.6 Å². The van der Waals surface area contributed by atoms with Gasteiger partial charge in [-0.2, -0.15) is 0 Å². The fourth-order valence-corrected chi connectivity index (χ4v) is 3.01. The lowest BCUT2D eigenvalue weighted by atomic mass is 9.92.